The number of unbranched alkanes of at least 4 members (excludes halogenated alkanes) is 37. The van der Waals surface area contributed by atoms with E-state index in [0.29, 0.717) is 12.8 Å². The van der Waals surface area contributed by atoms with Crippen molar-refractivity contribution >= 4 is 5.91 Å². The van der Waals surface area contributed by atoms with Crippen LogP contribution in [0, 0.1) is 0 Å². The SMILES string of the molecule is CCCCCC/C=C/CC/C=C/C(O)C(COC1OC(CO)C(OC2OC(CO)C(O)C(O)C2O)C(O)C1O)NC(=O)CCCCCCCCCCCCCCCCCCCCCCCCCCCCC/C=C\C/C=C\CCCCCCC. The maximum Gasteiger partial charge on any atom is 0.220 e. The monoisotopic (exact) mass is 1180 g/mol. The Morgan fingerprint density at radius 2 is 0.807 bits per heavy atom. The van der Waals surface area contributed by atoms with Gasteiger partial charge in [0.15, 0.2) is 12.6 Å². The first-order chi connectivity index (χ1) is 40.6. The van der Waals surface area contributed by atoms with Crippen molar-refractivity contribution in [2.45, 2.75) is 364 Å². The summed E-state index contributed by atoms with van der Waals surface area (Å²) in [6, 6.07) is -0.928. The summed E-state index contributed by atoms with van der Waals surface area (Å²) in [6.07, 6.45) is 53.7. The van der Waals surface area contributed by atoms with E-state index in [9.17, 15) is 45.6 Å². The van der Waals surface area contributed by atoms with E-state index in [-0.39, 0.29) is 18.9 Å². The van der Waals surface area contributed by atoms with Crippen LogP contribution >= 0.6 is 0 Å². The summed E-state index contributed by atoms with van der Waals surface area (Å²) in [4.78, 5) is 13.2. The lowest BCUT2D eigenvalue weighted by Gasteiger charge is -2.46. The van der Waals surface area contributed by atoms with E-state index in [4.69, 9.17) is 18.9 Å². The van der Waals surface area contributed by atoms with Crippen LogP contribution in [-0.2, 0) is 23.7 Å². The highest BCUT2D eigenvalue weighted by molar-refractivity contribution is 5.76. The number of hydrogen-bond acceptors (Lipinski definition) is 13. The van der Waals surface area contributed by atoms with Crippen LogP contribution in [0.3, 0.4) is 0 Å². The predicted molar refractivity (Wildman–Crippen MR) is 337 cm³/mol. The van der Waals surface area contributed by atoms with Gasteiger partial charge in [0.1, 0.15) is 48.8 Å². The topological polar surface area (TPSA) is 228 Å². The fourth-order valence-electron chi connectivity index (χ4n) is 11.2. The van der Waals surface area contributed by atoms with Crippen LogP contribution in [0.25, 0.3) is 0 Å². The van der Waals surface area contributed by atoms with Crippen LogP contribution in [0.2, 0.25) is 0 Å². The average molecular weight is 1180 g/mol. The fraction of sp³-hybridized carbons (Fsp3) is 0.870. The number of hydrogen-bond donors (Lipinski definition) is 9. The lowest BCUT2D eigenvalue weighted by Crippen LogP contribution is -2.65. The van der Waals surface area contributed by atoms with Crippen LogP contribution in [0.1, 0.15) is 290 Å². The van der Waals surface area contributed by atoms with E-state index in [1.54, 1.807) is 6.08 Å². The Balaban J connectivity index is 1.52. The van der Waals surface area contributed by atoms with Crippen molar-refractivity contribution in [3.05, 3.63) is 48.6 Å². The Kier molecular flexibility index (Phi) is 50.2. The zero-order valence-corrected chi connectivity index (χ0v) is 52.7. The Bertz CT molecular complexity index is 1580. The third-order valence-corrected chi connectivity index (χ3v) is 16.7. The maximum absolute atomic E-state index is 13.2. The van der Waals surface area contributed by atoms with Gasteiger partial charge in [0.25, 0.3) is 0 Å². The molecule has 0 aromatic rings. The maximum atomic E-state index is 13.2. The Morgan fingerprint density at radius 3 is 1.27 bits per heavy atom. The Morgan fingerprint density at radius 1 is 0.434 bits per heavy atom. The zero-order valence-electron chi connectivity index (χ0n) is 52.7. The molecule has 2 saturated heterocycles. The number of allylic oxidation sites excluding steroid dienone is 7. The molecular formula is C69H127NO13. The second-order valence-corrected chi connectivity index (χ2v) is 24.3. The van der Waals surface area contributed by atoms with Gasteiger partial charge in [-0.05, 0) is 64.2 Å². The van der Waals surface area contributed by atoms with Crippen LogP contribution in [0.5, 0.6) is 0 Å². The van der Waals surface area contributed by atoms with Crippen LogP contribution < -0.4 is 5.32 Å². The van der Waals surface area contributed by atoms with Gasteiger partial charge in [0.2, 0.25) is 5.91 Å². The van der Waals surface area contributed by atoms with E-state index in [1.165, 1.54) is 218 Å². The highest BCUT2D eigenvalue weighted by Crippen LogP contribution is 2.30. The summed E-state index contributed by atoms with van der Waals surface area (Å²) >= 11 is 0. The molecule has 2 aliphatic heterocycles. The normalized spacial score (nSPS) is 24.1. The summed E-state index contributed by atoms with van der Waals surface area (Å²) in [5.74, 6) is -0.247. The van der Waals surface area contributed by atoms with Gasteiger partial charge in [-0.15, -0.1) is 0 Å². The summed E-state index contributed by atoms with van der Waals surface area (Å²) in [7, 11) is 0. The van der Waals surface area contributed by atoms with Gasteiger partial charge in [-0.1, -0.05) is 268 Å². The standard InChI is InChI=1S/C69H127NO13/c1-3-5-7-9-11-13-15-16-17-18-19-20-21-22-23-24-25-26-27-28-29-30-31-32-33-34-35-36-37-38-39-40-41-42-43-45-47-49-51-53-61(74)70-57(58(73)52-50-48-46-44-14-12-10-8-6-4-2)56-80-68-66(79)64(77)67(60(55-72)82-68)83-69-65(78)63(76)62(75)59(54-71)81-69/h14-16,18-19,44,50,52,57-60,62-69,71-73,75-79H,3-13,17,20-43,45-49,51,53-56H2,1-2H3,(H,70,74)/b16-15-,19-18-,44-14+,52-50+. The number of aliphatic hydroxyl groups is 8. The minimum Gasteiger partial charge on any atom is -0.394 e. The van der Waals surface area contributed by atoms with E-state index in [0.717, 1.165) is 38.5 Å². The summed E-state index contributed by atoms with van der Waals surface area (Å²) in [5.41, 5.74) is 0. The smallest absolute Gasteiger partial charge is 0.220 e. The van der Waals surface area contributed by atoms with Crippen molar-refractivity contribution in [1.82, 2.24) is 5.32 Å². The minimum absolute atomic E-state index is 0.247. The number of carbonyl (C=O) groups excluding carboxylic acids is 1. The lowest BCUT2D eigenvalue weighted by molar-refractivity contribution is -0.359. The number of aliphatic hydroxyl groups excluding tert-OH is 8. The number of amides is 1. The third kappa shape index (κ3) is 38.8. The van der Waals surface area contributed by atoms with Gasteiger partial charge in [-0.2, -0.15) is 0 Å². The molecule has 83 heavy (non-hydrogen) atoms. The molecule has 14 nitrogen and oxygen atoms in total. The minimum atomic E-state index is -1.79. The second kappa shape index (κ2) is 54.1. The first kappa shape index (κ1) is 77.0. The number of ether oxygens (including phenoxy) is 4. The van der Waals surface area contributed by atoms with Crippen LogP contribution in [-0.4, -0.2) is 140 Å². The van der Waals surface area contributed by atoms with Crippen molar-refractivity contribution in [3.63, 3.8) is 0 Å². The first-order valence-electron chi connectivity index (χ1n) is 34.4. The number of carbonyl (C=O) groups is 1. The lowest BCUT2D eigenvalue weighted by atomic mass is 9.97. The molecule has 0 aliphatic carbocycles. The molecule has 2 fully saturated rings. The quantitative estimate of drug-likeness (QED) is 0.0204. The molecule has 0 aromatic heterocycles. The van der Waals surface area contributed by atoms with Crippen LogP contribution in [0.4, 0.5) is 0 Å². The molecule has 0 spiro atoms. The van der Waals surface area contributed by atoms with E-state index >= 15 is 0 Å². The van der Waals surface area contributed by atoms with Gasteiger partial charge < -0.3 is 65.1 Å². The van der Waals surface area contributed by atoms with Crippen molar-refractivity contribution < 1.29 is 64.6 Å². The largest absolute Gasteiger partial charge is 0.394 e. The molecule has 486 valence electrons. The first-order valence-corrected chi connectivity index (χ1v) is 34.4. The molecule has 9 N–H and O–H groups in total. The molecular weight excluding hydrogens is 1050 g/mol. The Labute approximate surface area is 505 Å². The molecule has 1 amide bonds. The highest BCUT2D eigenvalue weighted by atomic mass is 16.7. The molecule has 0 aromatic carbocycles. The van der Waals surface area contributed by atoms with Crippen molar-refractivity contribution in [2.24, 2.45) is 0 Å². The molecule has 0 bridgehead atoms. The third-order valence-electron chi connectivity index (χ3n) is 16.7. The van der Waals surface area contributed by atoms with Gasteiger partial charge >= 0.3 is 0 Å². The van der Waals surface area contributed by atoms with Crippen molar-refractivity contribution in [3.8, 4) is 0 Å². The van der Waals surface area contributed by atoms with Gasteiger partial charge in [0.05, 0.1) is 32.0 Å². The summed E-state index contributed by atoms with van der Waals surface area (Å²) in [6.45, 7) is 2.74. The predicted octanol–water partition coefficient (Wildman–Crippen LogP) is 13.5. The van der Waals surface area contributed by atoms with Gasteiger partial charge in [-0.25, -0.2) is 0 Å². The van der Waals surface area contributed by atoms with Crippen molar-refractivity contribution in [2.75, 3.05) is 19.8 Å². The second-order valence-electron chi connectivity index (χ2n) is 24.3. The van der Waals surface area contributed by atoms with Gasteiger partial charge in [0, 0.05) is 6.42 Å². The summed E-state index contributed by atoms with van der Waals surface area (Å²) in [5, 5.41) is 86.9. The molecule has 14 heteroatoms. The molecule has 0 saturated carbocycles. The van der Waals surface area contributed by atoms with Crippen molar-refractivity contribution in [1.29, 1.82) is 0 Å². The fourth-order valence-corrected chi connectivity index (χ4v) is 11.2. The average Bonchev–Trinajstić information content (AvgIpc) is 3.51. The highest BCUT2D eigenvalue weighted by Gasteiger charge is 2.51. The van der Waals surface area contributed by atoms with Gasteiger partial charge in [-0.3, -0.25) is 4.79 Å². The number of nitrogens with one attached hydrogen (secondary N) is 1. The molecule has 2 heterocycles. The summed E-state index contributed by atoms with van der Waals surface area (Å²) < 4.78 is 22.7. The molecule has 2 rings (SSSR count). The van der Waals surface area contributed by atoms with E-state index < -0.39 is 86.8 Å². The van der Waals surface area contributed by atoms with E-state index in [1.807, 2.05) is 6.08 Å². The Hall–Kier alpha value is -2.05. The number of rotatable bonds is 56. The molecule has 12 unspecified atom stereocenters. The van der Waals surface area contributed by atoms with E-state index in [2.05, 4.69) is 55.6 Å². The molecule has 2 aliphatic rings. The molecule has 12 atom stereocenters. The van der Waals surface area contributed by atoms with Crippen LogP contribution in [0.15, 0.2) is 48.6 Å². The zero-order chi connectivity index (χ0) is 60.2. The molecule has 0 radical (unpaired) electrons.